The second kappa shape index (κ2) is 9.85. The minimum atomic E-state index is -0.323. The third-order valence-electron chi connectivity index (χ3n) is 5.50. The topological polar surface area (TPSA) is 59.4 Å². The smallest absolute Gasteiger partial charge is 0.317 e. The summed E-state index contributed by atoms with van der Waals surface area (Å²) in [4.78, 5) is 14.8. The molecule has 1 heterocycles. The van der Waals surface area contributed by atoms with Crippen LogP contribution in [0.2, 0.25) is 0 Å². The van der Waals surface area contributed by atoms with Crippen LogP contribution in [0, 0.1) is 11.7 Å². The van der Waals surface area contributed by atoms with Crippen molar-refractivity contribution in [3.8, 4) is 22.9 Å². The van der Waals surface area contributed by atoms with Gasteiger partial charge in [0.25, 0.3) is 0 Å². The lowest BCUT2D eigenvalue weighted by Gasteiger charge is -2.23. The molecule has 1 aliphatic rings. The molecule has 0 unspecified atom stereocenters. The van der Waals surface area contributed by atoms with Crippen LogP contribution in [-0.2, 0) is 13.6 Å². The quantitative estimate of drug-likeness (QED) is 0.492. The molecule has 3 aromatic rings. The van der Waals surface area contributed by atoms with Gasteiger partial charge in [0.1, 0.15) is 17.3 Å². The van der Waals surface area contributed by atoms with Gasteiger partial charge in [-0.15, -0.1) is 0 Å². The molecule has 0 bridgehead atoms. The van der Waals surface area contributed by atoms with Gasteiger partial charge < -0.3 is 15.0 Å². The van der Waals surface area contributed by atoms with Crippen LogP contribution in [-0.4, -0.2) is 33.8 Å². The van der Waals surface area contributed by atoms with Gasteiger partial charge in [-0.2, -0.15) is 5.10 Å². The summed E-state index contributed by atoms with van der Waals surface area (Å²) >= 11 is 0. The summed E-state index contributed by atoms with van der Waals surface area (Å²) in [5.74, 6) is 1.27. The van der Waals surface area contributed by atoms with Crippen molar-refractivity contribution in [1.29, 1.82) is 0 Å². The third kappa shape index (κ3) is 5.28. The Morgan fingerprint density at radius 3 is 2.56 bits per heavy atom. The van der Waals surface area contributed by atoms with E-state index >= 15 is 0 Å². The number of amides is 2. The van der Waals surface area contributed by atoms with Crippen molar-refractivity contribution in [3.05, 3.63) is 66.0 Å². The summed E-state index contributed by atoms with van der Waals surface area (Å²) in [6.07, 6.45) is 3.17. The molecular formula is C25H29FN4O2. The number of hydrogen-bond donors (Lipinski definition) is 1. The molecular weight excluding hydrogens is 407 g/mol. The number of urea groups is 1. The van der Waals surface area contributed by atoms with Crippen molar-refractivity contribution in [2.75, 3.05) is 13.1 Å². The van der Waals surface area contributed by atoms with Crippen molar-refractivity contribution in [1.82, 2.24) is 20.0 Å². The molecule has 1 saturated carbocycles. The van der Waals surface area contributed by atoms with Crippen LogP contribution in [0.15, 0.2) is 54.6 Å². The van der Waals surface area contributed by atoms with Gasteiger partial charge in [0, 0.05) is 25.7 Å². The van der Waals surface area contributed by atoms with E-state index in [1.54, 1.807) is 16.8 Å². The van der Waals surface area contributed by atoms with Gasteiger partial charge in [-0.25, -0.2) is 13.9 Å². The van der Waals surface area contributed by atoms with Crippen molar-refractivity contribution < 1.29 is 13.9 Å². The third-order valence-corrected chi connectivity index (χ3v) is 5.50. The van der Waals surface area contributed by atoms with E-state index in [1.165, 1.54) is 12.1 Å². The number of nitrogens with one attached hydrogen (secondary N) is 1. The predicted molar refractivity (Wildman–Crippen MR) is 122 cm³/mol. The monoisotopic (exact) mass is 436 g/mol. The number of carbonyl (C=O) groups excluding carboxylic acids is 1. The molecule has 2 amide bonds. The van der Waals surface area contributed by atoms with Gasteiger partial charge in [0.2, 0.25) is 5.88 Å². The van der Waals surface area contributed by atoms with E-state index in [4.69, 9.17) is 9.84 Å². The molecule has 0 aliphatic heterocycles. The molecule has 0 atom stereocenters. The Bertz CT molecular complexity index is 1050. The summed E-state index contributed by atoms with van der Waals surface area (Å²) in [6, 6.07) is 15.7. The summed E-state index contributed by atoms with van der Waals surface area (Å²) in [5, 5.41) is 7.73. The highest BCUT2D eigenvalue weighted by molar-refractivity contribution is 5.75. The summed E-state index contributed by atoms with van der Waals surface area (Å²) in [6.45, 7) is 3.75. The van der Waals surface area contributed by atoms with Gasteiger partial charge in [-0.3, -0.25) is 0 Å². The van der Waals surface area contributed by atoms with Crippen LogP contribution in [0.5, 0.6) is 11.6 Å². The minimum Gasteiger partial charge on any atom is -0.439 e. The second-order valence-electron chi connectivity index (χ2n) is 8.23. The van der Waals surface area contributed by atoms with Crippen molar-refractivity contribution >= 4 is 6.03 Å². The lowest BCUT2D eigenvalue weighted by molar-refractivity contribution is 0.192. The van der Waals surface area contributed by atoms with Crippen LogP contribution in [0.25, 0.3) is 11.3 Å². The predicted octanol–water partition coefficient (Wildman–Crippen LogP) is 5.35. The van der Waals surface area contributed by atoms with Crippen molar-refractivity contribution in [3.63, 3.8) is 0 Å². The molecule has 1 fully saturated rings. The number of aryl methyl sites for hydroxylation is 1. The normalized spacial score (nSPS) is 13.1. The van der Waals surface area contributed by atoms with Gasteiger partial charge in [-0.1, -0.05) is 37.3 Å². The Kier molecular flexibility index (Phi) is 6.73. The van der Waals surface area contributed by atoms with E-state index in [1.807, 2.05) is 49.2 Å². The average molecular weight is 437 g/mol. The molecule has 6 nitrogen and oxygen atoms in total. The maximum Gasteiger partial charge on any atom is 0.317 e. The molecule has 4 rings (SSSR count). The SMILES string of the molecule is CCCNC(=O)N(Cc1c(-c2ccccc2)nn(C)c1Oc1ccc(F)cc1)CC1CC1. The van der Waals surface area contributed by atoms with Gasteiger partial charge in [0.15, 0.2) is 0 Å². The van der Waals surface area contributed by atoms with Gasteiger partial charge in [0.05, 0.1) is 12.1 Å². The minimum absolute atomic E-state index is 0.0747. The molecule has 1 N–H and O–H groups in total. The number of hydrogen-bond acceptors (Lipinski definition) is 3. The first-order valence-corrected chi connectivity index (χ1v) is 11.1. The van der Waals surface area contributed by atoms with Gasteiger partial charge >= 0.3 is 6.03 Å². The molecule has 1 aromatic heterocycles. The van der Waals surface area contributed by atoms with E-state index in [2.05, 4.69) is 5.32 Å². The van der Waals surface area contributed by atoms with Crippen LogP contribution < -0.4 is 10.1 Å². The first-order chi connectivity index (χ1) is 15.5. The van der Waals surface area contributed by atoms with Crippen LogP contribution in [0.1, 0.15) is 31.7 Å². The maximum atomic E-state index is 13.4. The molecule has 32 heavy (non-hydrogen) atoms. The Morgan fingerprint density at radius 2 is 1.91 bits per heavy atom. The lowest BCUT2D eigenvalue weighted by atomic mass is 10.1. The second-order valence-corrected chi connectivity index (χ2v) is 8.23. The van der Waals surface area contributed by atoms with E-state index in [0.717, 1.165) is 36.1 Å². The number of benzene rings is 2. The number of halogens is 1. The molecule has 0 saturated heterocycles. The molecule has 0 spiro atoms. The van der Waals surface area contributed by atoms with Crippen LogP contribution in [0.3, 0.4) is 0 Å². The number of ether oxygens (including phenoxy) is 1. The molecule has 1 aliphatic carbocycles. The van der Waals surface area contributed by atoms with Crippen molar-refractivity contribution in [2.45, 2.75) is 32.7 Å². The highest BCUT2D eigenvalue weighted by Crippen LogP contribution is 2.36. The molecule has 168 valence electrons. The Morgan fingerprint density at radius 1 is 1.19 bits per heavy atom. The molecule has 7 heteroatoms. The van der Waals surface area contributed by atoms with E-state index in [9.17, 15) is 9.18 Å². The molecule has 2 aromatic carbocycles. The highest BCUT2D eigenvalue weighted by Gasteiger charge is 2.29. The first kappa shape index (κ1) is 21.9. The maximum absolute atomic E-state index is 13.4. The van der Waals surface area contributed by atoms with Crippen LogP contribution >= 0.6 is 0 Å². The van der Waals surface area contributed by atoms with E-state index in [-0.39, 0.29) is 11.8 Å². The zero-order valence-corrected chi connectivity index (χ0v) is 18.6. The first-order valence-electron chi connectivity index (χ1n) is 11.1. The average Bonchev–Trinajstić information content (AvgIpc) is 3.58. The number of nitrogens with zero attached hydrogens (tertiary/aromatic N) is 3. The Balaban J connectivity index is 1.70. The number of carbonyl (C=O) groups is 1. The Labute approximate surface area is 188 Å². The van der Waals surface area contributed by atoms with Crippen LogP contribution in [0.4, 0.5) is 9.18 Å². The molecule has 0 radical (unpaired) electrons. The number of rotatable bonds is 9. The van der Waals surface area contributed by atoms with Gasteiger partial charge in [-0.05, 0) is 49.4 Å². The fourth-order valence-electron chi connectivity index (χ4n) is 3.63. The summed E-state index contributed by atoms with van der Waals surface area (Å²) in [7, 11) is 1.82. The van der Waals surface area contributed by atoms with Crippen molar-refractivity contribution in [2.24, 2.45) is 13.0 Å². The van der Waals surface area contributed by atoms with E-state index < -0.39 is 0 Å². The summed E-state index contributed by atoms with van der Waals surface area (Å²) < 4.78 is 21.2. The lowest BCUT2D eigenvalue weighted by Crippen LogP contribution is -2.41. The standard InChI is InChI=1S/C25H29FN4O2/c1-3-15-27-25(31)30(16-18-9-10-18)17-22-23(19-7-5-4-6-8-19)28-29(2)24(22)32-21-13-11-20(26)12-14-21/h4-8,11-14,18H,3,9-10,15-17H2,1-2H3,(H,27,31). The largest absolute Gasteiger partial charge is 0.439 e. The zero-order chi connectivity index (χ0) is 22.5. The fraction of sp³-hybridized carbons (Fsp3) is 0.360. The Hall–Kier alpha value is -3.35. The van der Waals surface area contributed by atoms with E-state index in [0.29, 0.717) is 37.2 Å². The fourth-order valence-corrected chi connectivity index (χ4v) is 3.63. The number of aromatic nitrogens is 2. The zero-order valence-electron chi connectivity index (χ0n) is 18.6. The summed E-state index contributed by atoms with van der Waals surface area (Å²) in [5.41, 5.74) is 2.55. The highest BCUT2D eigenvalue weighted by atomic mass is 19.1.